The number of anilines is 1. The molecule has 0 fully saturated rings. The maximum Gasteiger partial charge on any atom is 0.354 e. The fourth-order valence-corrected chi connectivity index (χ4v) is 2.40. The van der Waals surface area contributed by atoms with Crippen molar-refractivity contribution in [2.75, 3.05) is 11.9 Å². The first-order chi connectivity index (χ1) is 10.5. The number of carboxylic acids is 1. The molecule has 1 atom stereocenters. The molecule has 2 heterocycles. The van der Waals surface area contributed by atoms with Crippen LogP contribution in [0.25, 0.3) is 0 Å². The number of nitrogens with one attached hydrogen (secondary N) is 1. The van der Waals surface area contributed by atoms with Crippen molar-refractivity contribution in [2.24, 2.45) is 0 Å². The standard InChI is InChI=1S/C16H15FN2O3/c1-9-8-22-15-13(18-9)7-11(14(19-15)16(20)21)6-10-2-4-12(17)5-3-10/h2-5,7,9,18H,6,8H2,1H3,(H,20,21)/t9-/m0/s1. The first-order valence-electron chi connectivity index (χ1n) is 6.94. The van der Waals surface area contributed by atoms with E-state index in [1.807, 2.05) is 6.92 Å². The normalized spacial score (nSPS) is 16.4. The summed E-state index contributed by atoms with van der Waals surface area (Å²) < 4.78 is 18.4. The zero-order valence-corrected chi connectivity index (χ0v) is 12.0. The van der Waals surface area contributed by atoms with E-state index in [1.54, 1.807) is 18.2 Å². The van der Waals surface area contributed by atoms with Crippen molar-refractivity contribution < 1.29 is 19.0 Å². The van der Waals surface area contributed by atoms with Crippen LogP contribution in [0.2, 0.25) is 0 Å². The average molecular weight is 302 g/mol. The van der Waals surface area contributed by atoms with E-state index in [-0.39, 0.29) is 17.6 Å². The molecule has 1 aromatic heterocycles. The SMILES string of the molecule is C[C@H]1COc2nc(C(=O)O)c(Cc3ccc(F)cc3)cc2N1. The number of nitrogens with zero attached hydrogens (tertiary/aromatic N) is 1. The summed E-state index contributed by atoms with van der Waals surface area (Å²) in [6, 6.07) is 7.84. The summed E-state index contributed by atoms with van der Waals surface area (Å²) in [7, 11) is 0. The Morgan fingerprint density at radius 3 is 2.86 bits per heavy atom. The number of aromatic nitrogens is 1. The maximum atomic E-state index is 13.0. The number of carboxylic acid groups (broad SMARTS) is 1. The van der Waals surface area contributed by atoms with Gasteiger partial charge in [0, 0.05) is 0 Å². The van der Waals surface area contributed by atoms with Crippen molar-refractivity contribution in [3.8, 4) is 5.88 Å². The lowest BCUT2D eigenvalue weighted by Gasteiger charge is -2.25. The Hall–Kier alpha value is -2.63. The van der Waals surface area contributed by atoms with Gasteiger partial charge in [-0.1, -0.05) is 12.1 Å². The molecule has 3 rings (SSSR count). The Morgan fingerprint density at radius 1 is 1.45 bits per heavy atom. The average Bonchev–Trinajstić information content (AvgIpc) is 2.48. The third kappa shape index (κ3) is 2.86. The molecule has 0 saturated carbocycles. The van der Waals surface area contributed by atoms with Crippen LogP contribution in [0.1, 0.15) is 28.5 Å². The Morgan fingerprint density at radius 2 is 2.18 bits per heavy atom. The third-order valence-electron chi connectivity index (χ3n) is 3.45. The lowest BCUT2D eigenvalue weighted by atomic mass is 10.0. The monoisotopic (exact) mass is 302 g/mol. The highest BCUT2D eigenvalue weighted by molar-refractivity contribution is 5.88. The second-order valence-electron chi connectivity index (χ2n) is 5.31. The Balaban J connectivity index is 1.99. The van der Waals surface area contributed by atoms with E-state index in [0.717, 1.165) is 5.56 Å². The fourth-order valence-electron chi connectivity index (χ4n) is 2.40. The van der Waals surface area contributed by atoms with Gasteiger partial charge in [0.15, 0.2) is 5.69 Å². The van der Waals surface area contributed by atoms with Crippen molar-refractivity contribution in [1.29, 1.82) is 0 Å². The van der Waals surface area contributed by atoms with Crippen LogP contribution in [0, 0.1) is 5.82 Å². The molecular weight excluding hydrogens is 287 g/mol. The molecule has 2 aromatic rings. The van der Waals surface area contributed by atoms with Crippen LogP contribution < -0.4 is 10.1 Å². The summed E-state index contributed by atoms with van der Waals surface area (Å²) in [5.41, 5.74) is 2.01. The molecule has 0 saturated heterocycles. The summed E-state index contributed by atoms with van der Waals surface area (Å²) >= 11 is 0. The maximum absolute atomic E-state index is 13.0. The Kier molecular flexibility index (Phi) is 3.66. The van der Waals surface area contributed by atoms with E-state index in [1.165, 1.54) is 12.1 Å². The summed E-state index contributed by atoms with van der Waals surface area (Å²) in [6.07, 6.45) is 0.359. The van der Waals surface area contributed by atoms with Gasteiger partial charge in [0.2, 0.25) is 5.88 Å². The number of pyridine rings is 1. The molecule has 0 spiro atoms. The molecular formula is C16H15FN2O3. The van der Waals surface area contributed by atoms with Gasteiger partial charge in [0.05, 0.1) is 11.7 Å². The van der Waals surface area contributed by atoms with Gasteiger partial charge in [-0.2, -0.15) is 0 Å². The summed E-state index contributed by atoms with van der Waals surface area (Å²) in [4.78, 5) is 15.5. The molecule has 22 heavy (non-hydrogen) atoms. The van der Waals surface area contributed by atoms with Gasteiger partial charge >= 0.3 is 5.97 Å². The first-order valence-corrected chi connectivity index (χ1v) is 6.94. The number of halogens is 1. The van der Waals surface area contributed by atoms with E-state index in [4.69, 9.17) is 4.74 Å². The highest BCUT2D eigenvalue weighted by Crippen LogP contribution is 2.30. The number of aromatic carboxylic acids is 1. The smallest absolute Gasteiger partial charge is 0.354 e. The van der Waals surface area contributed by atoms with Crippen molar-refractivity contribution >= 4 is 11.7 Å². The number of ether oxygens (including phenoxy) is 1. The van der Waals surface area contributed by atoms with Gasteiger partial charge in [0.25, 0.3) is 0 Å². The highest BCUT2D eigenvalue weighted by Gasteiger charge is 2.22. The number of hydrogen-bond acceptors (Lipinski definition) is 4. The van der Waals surface area contributed by atoms with E-state index < -0.39 is 5.97 Å². The largest absolute Gasteiger partial charge is 0.476 e. The number of hydrogen-bond donors (Lipinski definition) is 2. The summed E-state index contributed by atoms with van der Waals surface area (Å²) in [5.74, 6) is -1.13. The third-order valence-corrected chi connectivity index (χ3v) is 3.45. The summed E-state index contributed by atoms with van der Waals surface area (Å²) in [5, 5.41) is 12.6. The van der Waals surface area contributed by atoms with Gasteiger partial charge < -0.3 is 15.2 Å². The minimum atomic E-state index is -1.11. The number of carbonyl (C=O) groups is 1. The molecule has 0 bridgehead atoms. The van der Waals surface area contributed by atoms with Crippen LogP contribution in [-0.4, -0.2) is 28.7 Å². The van der Waals surface area contributed by atoms with Crippen molar-refractivity contribution in [3.63, 3.8) is 0 Å². The van der Waals surface area contributed by atoms with Gasteiger partial charge in [-0.15, -0.1) is 0 Å². The lowest BCUT2D eigenvalue weighted by molar-refractivity contribution is 0.0688. The van der Waals surface area contributed by atoms with Gasteiger partial charge in [0.1, 0.15) is 12.4 Å². The van der Waals surface area contributed by atoms with E-state index >= 15 is 0 Å². The second kappa shape index (κ2) is 5.63. The summed E-state index contributed by atoms with van der Waals surface area (Å²) in [6.45, 7) is 2.41. The quantitative estimate of drug-likeness (QED) is 0.912. The van der Waals surface area contributed by atoms with E-state index in [2.05, 4.69) is 10.3 Å². The zero-order valence-electron chi connectivity index (χ0n) is 12.0. The van der Waals surface area contributed by atoms with Crippen molar-refractivity contribution in [1.82, 2.24) is 4.98 Å². The minimum Gasteiger partial charge on any atom is -0.476 e. The Labute approximate surface area is 126 Å². The molecule has 6 heteroatoms. The molecule has 1 aromatic carbocycles. The molecule has 1 aliphatic rings. The zero-order chi connectivity index (χ0) is 15.7. The molecule has 114 valence electrons. The molecule has 1 aliphatic heterocycles. The molecule has 2 N–H and O–H groups in total. The number of rotatable bonds is 3. The van der Waals surface area contributed by atoms with Crippen molar-refractivity contribution in [3.05, 3.63) is 53.0 Å². The topological polar surface area (TPSA) is 71.5 Å². The van der Waals surface area contributed by atoms with Gasteiger partial charge in [-0.05, 0) is 42.7 Å². The van der Waals surface area contributed by atoms with Crippen LogP contribution in [0.5, 0.6) is 5.88 Å². The molecule has 0 amide bonds. The van der Waals surface area contributed by atoms with Crippen LogP contribution in [0.3, 0.4) is 0 Å². The van der Waals surface area contributed by atoms with Crippen LogP contribution in [-0.2, 0) is 6.42 Å². The first kappa shape index (κ1) is 14.3. The van der Waals surface area contributed by atoms with E-state index in [0.29, 0.717) is 30.2 Å². The van der Waals surface area contributed by atoms with Gasteiger partial charge in [-0.25, -0.2) is 14.2 Å². The van der Waals surface area contributed by atoms with Crippen molar-refractivity contribution in [2.45, 2.75) is 19.4 Å². The highest BCUT2D eigenvalue weighted by atomic mass is 19.1. The molecule has 0 radical (unpaired) electrons. The molecule has 0 unspecified atom stereocenters. The second-order valence-corrected chi connectivity index (χ2v) is 5.31. The minimum absolute atomic E-state index is 0.0422. The molecule has 5 nitrogen and oxygen atoms in total. The van der Waals surface area contributed by atoms with Gasteiger partial charge in [-0.3, -0.25) is 0 Å². The van der Waals surface area contributed by atoms with Crippen LogP contribution in [0.4, 0.5) is 10.1 Å². The predicted molar refractivity (Wildman–Crippen MR) is 79.0 cm³/mol. The number of benzene rings is 1. The molecule has 0 aliphatic carbocycles. The fraction of sp³-hybridized carbons (Fsp3) is 0.250. The van der Waals surface area contributed by atoms with E-state index in [9.17, 15) is 14.3 Å². The van der Waals surface area contributed by atoms with Crippen LogP contribution in [0.15, 0.2) is 30.3 Å². The Bertz CT molecular complexity index is 716. The lowest BCUT2D eigenvalue weighted by Crippen LogP contribution is -2.29. The number of fused-ring (bicyclic) bond motifs is 1. The van der Waals surface area contributed by atoms with Crippen LogP contribution >= 0.6 is 0 Å². The predicted octanol–water partition coefficient (Wildman–Crippen LogP) is 2.70.